The van der Waals surface area contributed by atoms with E-state index in [4.69, 9.17) is 4.18 Å². The minimum atomic E-state index is -1.92. The van der Waals surface area contributed by atoms with Gasteiger partial charge in [-0.25, -0.2) is 0 Å². The molecule has 0 unspecified atom stereocenters. The maximum Gasteiger partial charge on any atom is 0.136 e. The minimum absolute atomic E-state index is 0.833. The average Bonchev–Trinajstić information content (AvgIpc) is 2.75. The average molecular weight is 389 g/mol. The largest absolute Gasteiger partial charge is 0.436 e. The van der Waals surface area contributed by atoms with Crippen LogP contribution in [0.5, 0.6) is 5.75 Å². The third-order valence-corrected chi connectivity index (χ3v) is 7.83. The fourth-order valence-electron chi connectivity index (χ4n) is 3.04. The molecule has 0 atom stereocenters. The van der Waals surface area contributed by atoms with E-state index in [0.717, 1.165) is 25.3 Å². The summed E-state index contributed by atoms with van der Waals surface area (Å²) in [5.74, 6) is 0.833. The van der Waals surface area contributed by atoms with Gasteiger partial charge in [0.1, 0.15) is 5.75 Å². The van der Waals surface area contributed by atoms with Crippen molar-refractivity contribution in [3.05, 3.63) is 115 Å². The molecule has 4 rings (SSSR count). The van der Waals surface area contributed by atoms with E-state index in [0.29, 0.717) is 0 Å². The molecule has 0 N–H and O–H groups in total. The molecule has 0 aromatic heterocycles. The fraction of sp³-hybridized carbons (Fsp3) is 0. The standard InChI is InChI=1S/C24H20OS2/c26-21-18-16-20(17-19-21)25-27(22-10-4-1-5-11-22,23-12-6-2-7-13-23)24-14-8-3-9-15-24/h1-19,26H. The molecular formula is C24H20OS2. The summed E-state index contributed by atoms with van der Waals surface area (Å²) < 4.78 is 6.86. The lowest BCUT2D eigenvalue weighted by molar-refractivity contribution is 0.611. The molecule has 0 aliphatic heterocycles. The van der Waals surface area contributed by atoms with Gasteiger partial charge in [-0.3, -0.25) is 0 Å². The summed E-state index contributed by atoms with van der Waals surface area (Å²) in [7, 11) is -1.92. The van der Waals surface area contributed by atoms with Crippen LogP contribution in [0.25, 0.3) is 0 Å². The first-order valence-corrected chi connectivity index (χ1v) is 10.8. The highest BCUT2D eigenvalue weighted by Gasteiger charge is 2.33. The Labute approximate surface area is 167 Å². The zero-order valence-corrected chi connectivity index (χ0v) is 16.4. The first-order chi connectivity index (χ1) is 13.3. The highest BCUT2D eigenvalue weighted by molar-refractivity contribution is 8.30. The van der Waals surface area contributed by atoms with Crippen molar-refractivity contribution in [3.63, 3.8) is 0 Å². The maximum atomic E-state index is 6.86. The van der Waals surface area contributed by atoms with Crippen molar-refractivity contribution >= 4 is 22.9 Å². The number of benzene rings is 4. The van der Waals surface area contributed by atoms with Gasteiger partial charge in [-0.2, -0.15) is 0 Å². The third-order valence-electron chi connectivity index (χ3n) is 4.28. The summed E-state index contributed by atoms with van der Waals surface area (Å²) in [5, 5.41) is 0. The van der Waals surface area contributed by atoms with Crippen LogP contribution >= 0.6 is 22.9 Å². The van der Waals surface area contributed by atoms with Crippen LogP contribution in [0, 0.1) is 0 Å². The molecule has 1 nitrogen and oxygen atoms in total. The van der Waals surface area contributed by atoms with Gasteiger partial charge >= 0.3 is 0 Å². The molecule has 0 heterocycles. The van der Waals surface area contributed by atoms with Gasteiger partial charge in [0.2, 0.25) is 0 Å². The zero-order chi connectivity index (χ0) is 18.5. The molecule has 134 valence electrons. The smallest absolute Gasteiger partial charge is 0.136 e. The summed E-state index contributed by atoms with van der Waals surface area (Å²) in [6.45, 7) is 0. The lowest BCUT2D eigenvalue weighted by Crippen LogP contribution is -2.10. The van der Waals surface area contributed by atoms with Crippen molar-refractivity contribution in [2.24, 2.45) is 0 Å². The van der Waals surface area contributed by atoms with Crippen LogP contribution in [-0.2, 0) is 0 Å². The molecule has 4 aromatic rings. The molecule has 0 saturated carbocycles. The summed E-state index contributed by atoms with van der Waals surface area (Å²) in [6.07, 6.45) is 0. The molecule has 27 heavy (non-hydrogen) atoms. The fourth-order valence-corrected chi connectivity index (χ4v) is 6.31. The van der Waals surface area contributed by atoms with E-state index in [-0.39, 0.29) is 0 Å². The van der Waals surface area contributed by atoms with Crippen molar-refractivity contribution in [3.8, 4) is 5.75 Å². The van der Waals surface area contributed by atoms with Crippen LogP contribution < -0.4 is 4.18 Å². The topological polar surface area (TPSA) is 9.23 Å². The van der Waals surface area contributed by atoms with Gasteiger partial charge in [-0.1, -0.05) is 54.6 Å². The normalized spacial score (nSPS) is 11.7. The lowest BCUT2D eigenvalue weighted by atomic mass is 10.3. The Morgan fingerprint density at radius 1 is 0.481 bits per heavy atom. The number of rotatable bonds is 5. The molecule has 0 spiro atoms. The van der Waals surface area contributed by atoms with E-state index >= 15 is 0 Å². The van der Waals surface area contributed by atoms with Gasteiger partial charge in [0, 0.05) is 19.6 Å². The molecule has 0 radical (unpaired) electrons. The van der Waals surface area contributed by atoms with Crippen molar-refractivity contribution in [1.82, 2.24) is 0 Å². The Morgan fingerprint density at radius 2 is 0.852 bits per heavy atom. The first-order valence-electron chi connectivity index (χ1n) is 8.76. The second-order valence-corrected chi connectivity index (χ2v) is 9.28. The van der Waals surface area contributed by atoms with Crippen LogP contribution in [0.4, 0.5) is 0 Å². The van der Waals surface area contributed by atoms with Crippen molar-refractivity contribution in [2.75, 3.05) is 0 Å². The van der Waals surface area contributed by atoms with E-state index in [1.807, 2.05) is 42.5 Å². The first kappa shape index (κ1) is 17.8. The third kappa shape index (κ3) is 3.61. The van der Waals surface area contributed by atoms with Crippen LogP contribution in [-0.4, -0.2) is 0 Å². The van der Waals surface area contributed by atoms with Gasteiger partial charge < -0.3 is 4.18 Å². The van der Waals surface area contributed by atoms with Crippen molar-refractivity contribution in [1.29, 1.82) is 0 Å². The monoisotopic (exact) mass is 388 g/mol. The van der Waals surface area contributed by atoms with Crippen LogP contribution in [0.1, 0.15) is 0 Å². The molecule has 0 fully saturated rings. The quantitative estimate of drug-likeness (QED) is 0.354. The summed E-state index contributed by atoms with van der Waals surface area (Å²) in [5.41, 5.74) is 0. The highest BCUT2D eigenvalue weighted by Crippen LogP contribution is 2.68. The second-order valence-electron chi connectivity index (χ2n) is 6.07. The van der Waals surface area contributed by atoms with Gasteiger partial charge in [-0.15, -0.1) is 12.6 Å². The molecule has 0 aliphatic rings. The SMILES string of the molecule is Sc1ccc(OS(c2ccccc2)(c2ccccc2)c2ccccc2)cc1. The van der Waals surface area contributed by atoms with E-state index < -0.39 is 10.3 Å². The van der Waals surface area contributed by atoms with Crippen LogP contribution in [0.3, 0.4) is 0 Å². The van der Waals surface area contributed by atoms with Crippen LogP contribution in [0.15, 0.2) is 135 Å². The Bertz CT molecular complexity index is 888. The summed E-state index contributed by atoms with van der Waals surface area (Å²) in [6, 6.07) is 39.4. The maximum absolute atomic E-state index is 6.86. The number of hydrogen-bond donors (Lipinski definition) is 1. The van der Waals surface area contributed by atoms with Crippen LogP contribution in [0.2, 0.25) is 0 Å². The van der Waals surface area contributed by atoms with Gasteiger partial charge in [0.15, 0.2) is 0 Å². The summed E-state index contributed by atoms with van der Waals surface area (Å²) in [4.78, 5) is 4.41. The van der Waals surface area contributed by atoms with Gasteiger partial charge in [0.05, 0.1) is 0 Å². The molecule has 0 amide bonds. The van der Waals surface area contributed by atoms with Crippen molar-refractivity contribution < 1.29 is 4.18 Å². The lowest BCUT2D eigenvalue weighted by Gasteiger charge is -2.40. The van der Waals surface area contributed by atoms with E-state index in [1.54, 1.807) is 0 Å². The highest BCUT2D eigenvalue weighted by atomic mass is 32.3. The second kappa shape index (κ2) is 7.95. The zero-order valence-electron chi connectivity index (χ0n) is 14.7. The predicted octanol–water partition coefficient (Wildman–Crippen LogP) is 7.25. The molecule has 0 aliphatic carbocycles. The molecule has 0 saturated heterocycles. The number of thiol groups is 1. The Hall–Kier alpha value is -2.62. The Morgan fingerprint density at radius 3 is 1.22 bits per heavy atom. The molecule has 3 heteroatoms. The van der Waals surface area contributed by atoms with Gasteiger partial charge in [-0.05, 0) is 71.0 Å². The van der Waals surface area contributed by atoms with E-state index in [2.05, 4.69) is 85.4 Å². The predicted molar refractivity (Wildman–Crippen MR) is 116 cm³/mol. The molecular weight excluding hydrogens is 368 g/mol. The number of hydrogen-bond acceptors (Lipinski definition) is 2. The summed E-state index contributed by atoms with van der Waals surface area (Å²) >= 11 is 4.40. The van der Waals surface area contributed by atoms with Crippen molar-refractivity contribution in [2.45, 2.75) is 19.6 Å². The van der Waals surface area contributed by atoms with Gasteiger partial charge in [0.25, 0.3) is 0 Å². The van der Waals surface area contributed by atoms with E-state index in [9.17, 15) is 0 Å². The molecule has 0 bridgehead atoms. The Kier molecular flexibility index (Phi) is 5.23. The molecule has 4 aromatic carbocycles. The van der Waals surface area contributed by atoms with E-state index in [1.165, 1.54) is 0 Å². The minimum Gasteiger partial charge on any atom is -0.436 e. The Balaban J connectivity index is 1.98.